The lowest BCUT2D eigenvalue weighted by Crippen LogP contribution is -2.05. The molecule has 1 nitrogen and oxygen atoms in total. The molecule has 1 unspecified atom stereocenters. The Morgan fingerprint density at radius 1 is 1.45 bits per heavy atom. The van der Waals surface area contributed by atoms with Gasteiger partial charge in [-0.15, -0.1) is 0 Å². The lowest BCUT2D eigenvalue weighted by atomic mass is 10.0. The number of allylic oxidation sites excluding steroid dienone is 2. The predicted octanol–water partition coefficient (Wildman–Crippen LogP) is 3.42. The SMILES string of the molecule is C/C=C(C)\N=C(\C)C(C)CC. The molecule has 1 heteroatoms. The second-order valence-corrected chi connectivity index (χ2v) is 2.99. The van der Waals surface area contributed by atoms with Crippen molar-refractivity contribution < 1.29 is 0 Å². The molecular formula is C10H19N. The third-order valence-electron chi connectivity index (χ3n) is 2.10. The Balaban J connectivity index is 4.21. The Morgan fingerprint density at radius 2 is 2.00 bits per heavy atom. The Hall–Kier alpha value is -0.590. The summed E-state index contributed by atoms with van der Waals surface area (Å²) in [5, 5.41) is 0. The number of hydrogen-bond acceptors (Lipinski definition) is 1. The molecule has 0 N–H and O–H groups in total. The van der Waals surface area contributed by atoms with Gasteiger partial charge in [0.1, 0.15) is 0 Å². The molecule has 0 rings (SSSR count). The van der Waals surface area contributed by atoms with Gasteiger partial charge in [-0.05, 0) is 33.1 Å². The highest BCUT2D eigenvalue weighted by molar-refractivity contribution is 5.84. The van der Waals surface area contributed by atoms with Crippen molar-refractivity contribution in [3.8, 4) is 0 Å². The first-order valence-electron chi connectivity index (χ1n) is 4.29. The van der Waals surface area contributed by atoms with Crippen LogP contribution < -0.4 is 0 Å². The van der Waals surface area contributed by atoms with Gasteiger partial charge < -0.3 is 0 Å². The molecule has 64 valence electrons. The molecule has 0 aliphatic carbocycles. The van der Waals surface area contributed by atoms with E-state index in [4.69, 9.17) is 0 Å². The molecule has 0 aliphatic rings. The van der Waals surface area contributed by atoms with Gasteiger partial charge in [-0.1, -0.05) is 19.9 Å². The molecule has 0 heterocycles. The van der Waals surface area contributed by atoms with E-state index >= 15 is 0 Å². The Bertz CT molecular complexity index is 166. The molecular weight excluding hydrogens is 134 g/mol. The fraction of sp³-hybridized carbons (Fsp3) is 0.700. The maximum absolute atomic E-state index is 4.44. The molecule has 0 saturated heterocycles. The van der Waals surface area contributed by atoms with Crippen LogP contribution in [0, 0.1) is 5.92 Å². The van der Waals surface area contributed by atoms with E-state index in [-0.39, 0.29) is 0 Å². The van der Waals surface area contributed by atoms with Crippen LogP contribution in [0.25, 0.3) is 0 Å². The van der Waals surface area contributed by atoms with Crippen molar-refractivity contribution in [2.75, 3.05) is 0 Å². The minimum atomic E-state index is 0.616. The lowest BCUT2D eigenvalue weighted by Gasteiger charge is -2.07. The first-order chi connectivity index (χ1) is 5.11. The maximum atomic E-state index is 4.44. The van der Waals surface area contributed by atoms with Crippen molar-refractivity contribution in [1.29, 1.82) is 0 Å². The quantitative estimate of drug-likeness (QED) is 0.551. The molecule has 0 radical (unpaired) electrons. The zero-order chi connectivity index (χ0) is 8.85. The normalized spacial score (nSPS) is 16.8. The molecule has 0 saturated carbocycles. The molecule has 0 aromatic heterocycles. The van der Waals surface area contributed by atoms with Crippen LogP contribution in [0.1, 0.15) is 41.0 Å². The van der Waals surface area contributed by atoms with E-state index in [1.165, 1.54) is 12.1 Å². The van der Waals surface area contributed by atoms with E-state index in [0.717, 1.165) is 5.70 Å². The average molecular weight is 153 g/mol. The zero-order valence-corrected chi connectivity index (χ0v) is 8.31. The molecule has 0 bridgehead atoms. The van der Waals surface area contributed by atoms with Crippen molar-refractivity contribution in [2.45, 2.75) is 41.0 Å². The van der Waals surface area contributed by atoms with Crippen molar-refractivity contribution in [3.63, 3.8) is 0 Å². The van der Waals surface area contributed by atoms with Crippen molar-refractivity contribution >= 4 is 5.71 Å². The fourth-order valence-electron chi connectivity index (χ4n) is 0.748. The van der Waals surface area contributed by atoms with E-state index in [0.29, 0.717) is 5.92 Å². The van der Waals surface area contributed by atoms with E-state index in [1.807, 2.05) is 19.9 Å². The summed E-state index contributed by atoms with van der Waals surface area (Å²) in [5.41, 5.74) is 2.35. The van der Waals surface area contributed by atoms with Gasteiger partial charge in [0.05, 0.1) is 0 Å². The third-order valence-corrected chi connectivity index (χ3v) is 2.10. The minimum absolute atomic E-state index is 0.616. The lowest BCUT2D eigenvalue weighted by molar-refractivity contribution is 0.734. The van der Waals surface area contributed by atoms with Crippen LogP contribution in [0.15, 0.2) is 16.8 Å². The molecule has 0 aromatic rings. The summed E-state index contributed by atoms with van der Waals surface area (Å²) in [5.74, 6) is 0.616. The van der Waals surface area contributed by atoms with Crippen LogP contribution in [0.2, 0.25) is 0 Å². The number of rotatable bonds is 3. The molecule has 0 aromatic carbocycles. The minimum Gasteiger partial charge on any atom is -0.263 e. The monoisotopic (exact) mass is 153 g/mol. The number of nitrogens with zero attached hydrogens (tertiary/aromatic N) is 1. The van der Waals surface area contributed by atoms with Gasteiger partial charge in [-0.25, -0.2) is 0 Å². The highest BCUT2D eigenvalue weighted by atomic mass is 14.7. The van der Waals surface area contributed by atoms with E-state index in [1.54, 1.807) is 0 Å². The fourth-order valence-corrected chi connectivity index (χ4v) is 0.748. The smallest absolute Gasteiger partial charge is 0.0329 e. The highest BCUT2D eigenvalue weighted by Gasteiger charge is 2.01. The van der Waals surface area contributed by atoms with Crippen LogP contribution in [-0.2, 0) is 0 Å². The Morgan fingerprint density at radius 3 is 2.36 bits per heavy atom. The topological polar surface area (TPSA) is 12.4 Å². The van der Waals surface area contributed by atoms with Gasteiger partial charge in [-0.2, -0.15) is 0 Å². The van der Waals surface area contributed by atoms with Crippen molar-refractivity contribution in [1.82, 2.24) is 0 Å². The second kappa shape index (κ2) is 5.11. The summed E-state index contributed by atoms with van der Waals surface area (Å²) in [4.78, 5) is 4.44. The van der Waals surface area contributed by atoms with E-state index in [2.05, 4.69) is 25.8 Å². The van der Waals surface area contributed by atoms with E-state index < -0.39 is 0 Å². The van der Waals surface area contributed by atoms with Crippen LogP contribution in [0.4, 0.5) is 0 Å². The van der Waals surface area contributed by atoms with Gasteiger partial charge in [-0.3, -0.25) is 4.99 Å². The molecule has 11 heavy (non-hydrogen) atoms. The van der Waals surface area contributed by atoms with Crippen LogP contribution in [0.5, 0.6) is 0 Å². The molecule has 1 atom stereocenters. The van der Waals surface area contributed by atoms with Gasteiger partial charge >= 0.3 is 0 Å². The first-order valence-corrected chi connectivity index (χ1v) is 4.29. The average Bonchev–Trinajstić information content (AvgIpc) is 2.02. The van der Waals surface area contributed by atoms with Crippen molar-refractivity contribution in [3.05, 3.63) is 11.8 Å². The Labute approximate surface area is 70.2 Å². The maximum Gasteiger partial charge on any atom is 0.0329 e. The zero-order valence-electron chi connectivity index (χ0n) is 8.31. The summed E-state index contributed by atoms with van der Waals surface area (Å²) < 4.78 is 0. The standard InChI is InChI=1S/C10H19N/c1-6-8(3)10(5)11-9(4)7-2/h7-8H,6H2,1-5H3/b9-7-,11-10-. The summed E-state index contributed by atoms with van der Waals surface area (Å²) in [6.07, 6.45) is 3.21. The Kier molecular flexibility index (Phi) is 4.84. The summed E-state index contributed by atoms with van der Waals surface area (Å²) >= 11 is 0. The van der Waals surface area contributed by atoms with Gasteiger partial charge in [0.15, 0.2) is 0 Å². The van der Waals surface area contributed by atoms with Gasteiger partial charge in [0, 0.05) is 11.4 Å². The van der Waals surface area contributed by atoms with Crippen LogP contribution in [-0.4, -0.2) is 5.71 Å². The first kappa shape index (κ1) is 10.4. The largest absolute Gasteiger partial charge is 0.263 e. The van der Waals surface area contributed by atoms with Gasteiger partial charge in [0.25, 0.3) is 0 Å². The summed E-state index contributed by atoms with van der Waals surface area (Å²) in [7, 11) is 0. The highest BCUT2D eigenvalue weighted by Crippen LogP contribution is 2.06. The summed E-state index contributed by atoms with van der Waals surface area (Å²) in [6.45, 7) is 10.5. The predicted molar refractivity (Wildman–Crippen MR) is 52.0 cm³/mol. The second-order valence-electron chi connectivity index (χ2n) is 2.99. The molecule has 0 spiro atoms. The van der Waals surface area contributed by atoms with Gasteiger partial charge in [0.2, 0.25) is 0 Å². The molecule has 0 fully saturated rings. The molecule has 0 aliphatic heterocycles. The third kappa shape index (κ3) is 3.97. The number of aliphatic imine (C=N–C) groups is 1. The summed E-state index contributed by atoms with van der Waals surface area (Å²) in [6, 6.07) is 0. The van der Waals surface area contributed by atoms with Crippen LogP contribution in [0.3, 0.4) is 0 Å². The van der Waals surface area contributed by atoms with Crippen molar-refractivity contribution in [2.24, 2.45) is 10.9 Å². The number of hydrogen-bond donors (Lipinski definition) is 0. The van der Waals surface area contributed by atoms with E-state index in [9.17, 15) is 0 Å². The molecule has 0 amide bonds. The van der Waals surface area contributed by atoms with Crippen LogP contribution >= 0.6 is 0 Å².